The molecule has 1 aromatic rings. The van der Waals surface area contributed by atoms with Crippen LogP contribution in [0.5, 0.6) is 5.75 Å². The number of nitrogens with one attached hydrogen (secondary N) is 2. The molecule has 2 amide bonds. The van der Waals surface area contributed by atoms with Crippen molar-refractivity contribution < 1.29 is 14.3 Å². The van der Waals surface area contributed by atoms with E-state index < -0.39 is 0 Å². The van der Waals surface area contributed by atoms with Crippen molar-refractivity contribution in [1.29, 1.82) is 0 Å². The molecule has 1 aliphatic heterocycles. The van der Waals surface area contributed by atoms with Gasteiger partial charge in [-0.1, -0.05) is 12.1 Å². The zero-order valence-corrected chi connectivity index (χ0v) is 17.6. The van der Waals surface area contributed by atoms with Crippen LogP contribution in [0.1, 0.15) is 31.7 Å². The minimum Gasteiger partial charge on any atom is -0.497 e. The number of guanidine groups is 1. The number of halogens is 1. The lowest BCUT2D eigenvalue weighted by atomic mass is 10.1. The molecular weight excluding hydrogens is 447 g/mol. The first kappa shape index (κ1) is 22.2. The number of likely N-dealkylation sites (tertiary alicyclic amines) is 1. The lowest BCUT2D eigenvalue weighted by Gasteiger charge is -2.25. The van der Waals surface area contributed by atoms with Crippen molar-refractivity contribution >= 4 is 41.8 Å². The van der Waals surface area contributed by atoms with Crippen molar-refractivity contribution in [3.8, 4) is 5.75 Å². The molecule has 0 aromatic heterocycles. The van der Waals surface area contributed by atoms with Gasteiger partial charge in [-0.05, 0) is 31.0 Å². The van der Waals surface area contributed by atoms with Gasteiger partial charge in [0.25, 0.3) is 0 Å². The van der Waals surface area contributed by atoms with Crippen LogP contribution in [0.2, 0.25) is 0 Å². The zero-order chi connectivity index (χ0) is 18.1. The summed E-state index contributed by atoms with van der Waals surface area (Å²) in [5.74, 6) is 1.31. The summed E-state index contributed by atoms with van der Waals surface area (Å²) in [5.41, 5.74) is 1.07. The van der Waals surface area contributed by atoms with Crippen LogP contribution >= 0.6 is 24.0 Å². The van der Waals surface area contributed by atoms with E-state index in [1.807, 2.05) is 31.2 Å². The molecule has 0 atom stereocenters. The minimum absolute atomic E-state index is 0. The van der Waals surface area contributed by atoms with Crippen LogP contribution in [0.3, 0.4) is 0 Å². The fourth-order valence-corrected chi connectivity index (χ4v) is 2.58. The summed E-state index contributed by atoms with van der Waals surface area (Å²) >= 11 is 0. The van der Waals surface area contributed by atoms with Gasteiger partial charge >= 0.3 is 0 Å². The molecule has 1 heterocycles. The van der Waals surface area contributed by atoms with Crippen molar-refractivity contribution in [3.63, 3.8) is 0 Å². The molecule has 144 valence electrons. The van der Waals surface area contributed by atoms with E-state index in [1.54, 1.807) is 7.11 Å². The smallest absolute Gasteiger partial charge is 0.229 e. The van der Waals surface area contributed by atoms with Gasteiger partial charge in [-0.2, -0.15) is 0 Å². The Kier molecular flexibility index (Phi) is 10.0. The highest BCUT2D eigenvalue weighted by molar-refractivity contribution is 14.0. The Morgan fingerprint density at radius 3 is 2.38 bits per heavy atom. The Balaban J connectivity index is 0.00000338. The Morgan fingerprint density at radius 2 is 1.81 bits per heavy atom. The predicted octanol–water partition coefficient (Wildman–Crippen LogP) is 1.91. The van der Waals surface area contributed by atoms with Crippen LogP contribution in [-0.4, -0.2) is 49.4 Å². The number of amides is 2. The maximum atomic E-state index is 11.8. The summed E-state index contributed by atoms with van der Waals surface area (Å²) in [5, 5.41) is 6.33. The van der Waals surface area contributed by atoms with Crippen LogP contribution in [0.25, 0.3) is 0 Å². The van der Waals surface area contributed by atoms with E-state index >= 15 is 0 Å². The second-order valence-corrected chi connectivity index (χ2v) is 5.76. The Morgan fingerprint density at radius 1 is 1.15 bits per heavy atom. The van der Waals surface area contributed by atoms with Gasteiger partial charge in [-0.15, -0.1) is 24.0 Å². The van der Waals surface area contributed by atoms with Crippen molar-refractivity contribution in [1.82, 2.24) is 15.5 Å². The molecule has 1 saturated heterocycles. The maximum absolute atomic E-state index is 11.8. The SMILES string of the molecule is CCNC(=NCc1ccc(OC)cc1)NCCN1C(=O)CCCC1=O.I. The molecule has 0 spiro atoms. The van der Waals surface area contributed by atoms with Crippen molar-refractivity contribution in [3.05, 3.63) is 29.8 Å². The first-order chi connectivity index (χ1) is 12.1. The van der Waals surface area contributed by atoms with Gasteiger partial charge in [0, 0.05) is 32.5 Å². The molecule has 2 N–H and O–H groups in total. The van der Waals surface area contributed by atoms with Crippen molar-refractivity contribution in [2.45, 2.75) is 32.7 Å². The fourth-order valence-electron chi connectivity index (χ4n) is 2.58. The second-order valence-electron chi connectivity index (χ2n) is 5.76. The Hall–Kier alpha value is -1.84. The Bertz CT molecular complexity index is 603. The third-order valence-corrected chi connectivity index (χ3v) is 3.93. The van der Waals surface area contributed by atoms with Gasteiger partial charge in [0.15, 0.2) is 5.96 Å². The molecule has 2 rings (SSSR count). The average Bonchev–Trinajstić information content (AvgIpc) is 2.62. The molecule has 0 radical (unpaired) electrons. The summed E-state index contributed by atoms with van der Waals surface area (Å²) in [7, 11) is 1.64. The van der Waals surface area contributed by atoms with Crippen LogP contribution in [0, 0.1) is 0 Å². The number of hydrogen-bond donors (Lipinski definition) is 2. The molecule has 26 heavy (non-hydrogen) atoms. The van der Waals surface area contributed by atoms with Crippen molar-refractivity contribution in [2.75, 3.05) is 26.7 Å². The summed E-state index contributed by atoms with van der Waals surface area (Å²) in [6.45, 7) is 4.09. The Labute approximate surface area is 171 Å². The van der Waals surface area contributed by atoms with E-state index in [1.165, 1.54) is 4.90 Å². The monoisotopic (exact) mass is 474 g/mol. The number of hydrogen-bond acceptors (Lipinski definition) is 4. The zero-order valence-electron chi connectivity index (χ0n) is 15.3. The topological polar surface area (TPSA) is 83.0 Å². The van der Waals surface area contributed by atoms with E-state index in [4.69, 9.17) is 4.74 Å². The second kappa shape index (κ2) is 11.7. The molecular formula is C18H27IN4O3. The highest BCUT2D eigenvalue weighted by atomic mass is 127. The highest BCUT2D eigenvalue weighted by Gasteiger charge is 2.25. The number of carbonyl (C=O) groups is 2. The third kappa shape index (κ3) is 6.81. The fraction of sp³-hybridized carbons (Fsp3) is 0.500. The van der Waals surface area contributed by atoms with Gasteiger partial charge in [0.05, 0.1) is 13.7 Å². The maximum Gasteiger partial charge on any atom is 0.229 e. The minimum atomic E-state index is -0.0850. The van der Waals surface area contributed by atoms with Gasteiger partial charge < -0.3 is 15.4 Å². The molecule has 1 aromatic carbocycles. The number of ether oxygens (including phenoxy) is 1. The first-order valence-corrected chi connectivity index (χ1v) is 8.62. The number of carbonyl (C=O) groups excluding carboxylic acids is 2. The quantitative estimate of drug-likeness (QED) is 0.273. The molecule has 0 bridgehead atoms. The van der Waals surface area contributed by atoms with Gasteiger partial charge in [-0.25, -0.2) is 4.99 Å². The lowest BCUT2D eigenvalue weighted by Crippen LogP contribution is -2.46. The van der Waals surface area contributed by atoms with E-state index in [0.29, 0.717) is 44.9 Å². The predicted molar refractivity (Wildman–Crippen MR) is 112 cm³/mol. The van der Waals surface area contributed by atoms with E-state index in [2.05, 4.69) is 15.6 Å². The first-order valence-electron chi connectivity index (χ1n) is 8.62. The number of rotatable bonds is 7. The van der Waals surface area contributed by atoms with E-state index in [-0.39, 0.29) is 35.8 Å². The van der Waals surface area contributed by atoms with Gasteiger partial charge in [0.2, 0.25) is 11.8 Å². The van der Waals surface area contributed by atoms with Crippen LogP contribution in [-0.2, 0) is 16.1 Å². The lowest BCUT2D eigenvalue weighted by molar-refractivity contribution is -0.147. The molecule has 8 heteroatoms. The molecule has 0 unspecified atom stereocenters. The van der Waals surface area contributed by atoms with Gasteiger partial charge in [0.1, 0.15) is 5.75 Å². The summed E-state index contributed by atoms with van der Waals surface area (Å²) in [4.78, 5) is 29.4. The number of benzene rings is 1. The molecule has 1 aliphatic rings. The number of imide groups is 1. The van der Waals surface area contributed by atoms with E-state index in [9.17, 15) is 9.59 Å². The number of nitrogens with zero attached hydrogens (tertiary/aromatic N) is 2. The number of piperidine rings is 1. The number of methoxy groups -OCH3 is 1. The highest BCUT2D eigenvalue weighted by Crippen LogP contribution is 2.12. The van der Waals surface area contributed by atoms with Crippen LogP contribution in [0.4, 0.5) is 0 Å². The largest absolute Gasteiger partial charge is 0.497 e. The standard InChI is InChI=1S/C18H26N4O3.HI/c1-3-19-18(21-13-14-7-9-15(25-2)10-8-14)20-11-12-22-16(23)5-4-6-17(22)24;/h7-10H,3-6,11-13H2,1-2H3,(H2,19,20,21);1H. The number of aliphatic imine (C=N–C) groups is 1. The molecule has 0 saturated carbocycles. The molecule has 0 aliphatic carbocycles. The van der Waals surface area contributed by atoms with E-state index in [0.717, 1.165) is 17.9 Å². The summed E-state index contributed by atoms with van der Waals surface area (Å²) < 4.78 is 5.14. The van der Waals surface area contributed by atoms with Gasteiger partial charge in [-0.3, -0.25) is 14.5 Å². The molecule has 1 fully saturated rings. The summed E-state index contributed by atoms with van der Waals surface area (Å²) in [6, 6.07) is 7.74. The normalized spacial score (nSPS) is 14.7. The van der Waals surface area contributed by atoms with Crippen molar-refractivity contribution in [2.24, 2.45) is 4.99 Å². The third-order valence-electron chi connectivity index (χ3n) is 3.93. The average molecular weight is 474 g/mol. The molecule has 7 nitrogen and oxygen atoms in total. The van der Waals surface area contributed by atoms with Crippen LogP contribution in [0.15, 0.2) is 29.3 Å². The summed E-state index contributed by atoms with van der Waals surface area (Å²) in [6.07, 6.45) is 1.57. The van der Waals surface area contributed by atoms with Crippen LogP contribution < -0.4 is 15.4 Å².